The third-order valence-corrected chi connectivity index (χ3v) is 3.16. The van der Waals surface area contributed by atoms with Crippen LogP contribution in [-0.4, -0.2) is 25.0 Å². The third kappa shape index (κ3) is 6.49. The smallest absolute Gasteiger partial charge is 0.340 e. The molecule has 1 amide bonds. The van der Waals surface area contributed by atoms with Crippen LogP contribution in [-0.2, 0) is 9.53 Å². The molecule has 1 aromatic rings. The maximum absolute atomic E-state index is 11.8. The van der Waals surface area contributed by atoms with Gasteiger partial charge < -0.3 is 15.8 Å². The van der Waals surface area contributed by atoms with Gasteiger partial charge in [0.2, 0.25) is 0 Å². The summed E-state index contributed by atoms with van der Waals surface area (Å²) in [5.74, 6) is -0.975. The number of hydrogen-bond acceptors (Lipinski definition) is 4. The first kappa shape index (κ1) is 17.3. The average Bonchev–Trinajstić information content (AvgIpc) is 2.47. The van der Waals surface area contributed by atoms with E-state index in [1.165, 1.54) is 12.1 Å². The molecule has 0 spiro atoms. The van der Waals surface area contributed by atoms with Gasteiger partial charge in [-0.05, 0) is 24.6 Å². The first-order chi connectivity index (χ1) is 10.0. The zero-order chi connectivity index (χ0) is 15.7. The van der Waals surface area contributed by atoms with Gasteiger partial charge in [0.05, 0.1) is 5.56 Å². The van der Waals surface area contributed by atoms with Crippen LogP contribution in [0, 0.1) is 0 Å². The number of carbonyl (C=O) groups is 2. The van der Waals surface area contributed by atoms with Crippen molar-refractivity contribution in [2.75, 3.05) is 18.9 Å². The molecule has 0 atom stereocenters. The minimum atomic E-state index is -0.656. The quantitative estimate of drug-likeness (QED) is 0.439. The van der Waals surface area contributed by atoms with E-state index in [9.17, 15) is 9.59 Å². The lowest BCUT2D eigenvalue weighted by Gasteiger charge is -2.08. The zero-order valence-corrected chi connectivity index (χ0v) is 12.9. The molecule has 5 nitrogen and oxygen atoms in total. The van der Waals surface area contributed by atoms with Crippen molar-refractivity contribution >= 4 is 29.2 Å². The maximum atomic E-state index is 11.8. The standard InChI is InChI=1S/C15H21ClN2O3/c1-2-3-4-5-8-18-14(19)10-21-15(20)12-9-11(16)6-7-13(12)17/h6-7,9H,2-5,8,10,17H2,1H3,(H,18,19). The number of carbonyl (C=O) groups excluding carboxylic acids is 2. The van der Waals surface area contributed by atoms with E-state index in [1.807, 2.05) is 0 Å². The number of nitrogens with two attached hydrogens (primary N) is 1. The highest BCUT2D eigenvalue weighted by Gasteiger charge is 2.13. The molecule has 21 heavy (non-hydrogen) atoms. The molecule has 0 bridgehead atoms. The lowest BCUT2D eigenvalue weighted by Crippen LogP contribution is -2.29. The summed E-state index contributed by atoms with van der Waals surface area (Å²) in [5.41, 5.74) is 6.10. The second-order valence-corrected chi connectivity index (χ2v) is 5.15. The number of halogens is 1. The van der Waals surface area contributed by atoms with Crippen molar-refractivity contribution in [3.05, 3.63) is 28.8 Å². The number of ether oxygens (including phenoxy) is 1. The topological polar surface area (TPSA) is 81.4 Å². The van der Waals surface area contributed by atoms with E-state index in [-0.39, 0.29) is 23.8 Å². The Morgan fingerprint density at radius 1 is 1.29 bits per heavy atom. The Balaban J connectivity index is 2.32. The molecule has 0 saturated heterocycles. The molecule has 0 unspecified atom stereocenters. The molecule has 0 heterocycles. The van der Waals surface area contributed by atoms with Crippen molar-refractivity contribution in [3.8, 4) is 0 Å². The number of nitrogen functional groups attached to an aromatic ring is 1. The zero-order valence-electron chi connectivity index (χ0n) is 12.2. The van der Waals surface area contributed by atoms with Crippen LogP contribution >= 0.6 is 11.6 Å². The predicted octanol–water partition coefficient (Wildman–Crippen LogP) is 2.78. The summed E-state index contributed by atoms with van der Waals surface area (Å²) in [7, 11) is 0. The van der Waals surface area contributed by atoms with Crippen LogP contribution in [0.4, 0.5) is 5.69 Å². The Bertz CT molecular complexity index is 492. The van der Waals surface area contributed by atoms with Crippen molar-refractivity contribution in [1.82, 2.24) is 5.32 Å². The molecule has 0 aliphatic rings. The van der Waals surface area contributed by atoms with E-state index in [2.05, 4.69) is 12.2 Å². The Hall–Kier alpha value is -1.75. The van der Waals surface area contributed by atoms with E-state index >= 15 is 0 Å². The van der Waals surface area contributed by atoms with Gasteiger partial charge in [0.1, 0.15) is 0 Å². The van der Waals surface area contributed by atoms with Gasteiger partial charge in [0, 0.05) is 17.3 Å². The molecule has 0 aliphatic carbocycles. The molecule has 0 aromatic heterocycles. The largest absolute Gasteiger partial charge is 0.452 e. The SMILES string of the molecule is CCCCCCNC(=O)COC(=O)c1cc(Cl)ccc1N. The number of anilines is 1. The number of rotatable bonds is 8. The highest BCUT2D eigenvalue weighted by Crippen LogP contribution is 2.18. The Morgan fingerprint density at radius 2 is 2.05 bits per heavy atom. The summed E-state index contributed by atoms with van der Waals surface area (Å²) in [5, 5.41) is 3.09. The summed E-state index contributed by atoms with van der Waals surface area (Å²) in [6.45, 7) is 2.40. The monoisotopic (exact) mass is 312 g/mol. The van der Waals surface area contributed by atoms with E-state index in [4.69, 9.17) is 22.1 Å². The summed E-state index contributed by atoms with van der Waals surface area (Å²) in [6.07, 6.45) is 4.30. The fourth-order valence-electron chi connectivity index (χ4n) is 1.74. The summed E-state index contributed by atoms with van der Waals surface area (Å²) >= 11 is 5.79. The first-order valence-electron chi connectivity index (χ1n) is 7.03. The Labute approximate surface area is 129 Å². The number of hydrogen-bond donors (Lipinski definition) is 2. The second-order valence-electron chi connectivity index (χ2n) is 4.72. The van der Waals surface area contributed by atoms with E-state index in [0.717, 1.165) is 25.7 Å². The van der Waals surface area contributed by atoms with Gasteiger partial charge in [-0.3, -0.25) is 4.79 Å². The number of nitrogens with one attached hydrogen (secondary N) is 1. The van der Waals surface area contributed by atoms with Crippen LogP contribution in [0.15, 0.2) is 18.2 Å². The predicted molar refractivity (Wildman–Crippen MR) is 83.3 cm³/mol. The third-order valence-electron chi connectivity index (χ3n) is 2.92. The normalized spacial score (nSPS) is 10.2. The van der Waals surface area contributed by atoms with E-state index < -0.39 is 5.97 Å². The van der Waals surface area contributed by atoms with Crippen LogP contribution < -0.4 is 11.1 Å². The highest BCUT2D eigenvalue weighted by molar-refractivity contribution is 6.31. The maximum Gasteiger partial charge on any atom is 0.340 e. The average molecular weight is 313 g/mol. The van der Waals surface area contributed by atoms with Gasteiger partial charge in [-0.1, -0.05) is 37.8 Å². The van der Waals surface area contributed by atoms with Crippen molar-refractivity contribution in [2.24, 2.45) is 0 Å². The van der Waals surface area contributed by atoms with Crippen molar-refractivity contribution in [2.45, 2.75) is 32.6 Å². The van der Waals surface area contributed by atoms with Crippen molar-refractivity contribution < 1.29 is 14.3 Å². The minimum Gasteiger partial charge on any atom is -0.452 e. The van der Waals surface area contributed by atoms with Gasteiger partial charge in [0.15, 0.2) is 6.61 Å². The van der Waals surface area contributed by atoms with Crippen LogP contribution in [0.5, 0.6) is 0 Å². The number of benzene rings is 1. The number of unbranched alkanes of at least 4 members (excludes halogenated alkanes) is 3. The van der Waals surface area contributed by atoms with Crippen LogP contribution in [0.25, 0.3) is 0 Å². The molecule has 1 rings (SSSR count). The van der Waals surface area contributed by atoms with Crippen LogP contribution in [0.1, 0.15) is 43.0 Å². The first-order valence-corrected chi connectivity index (χ1v) is 7.41. The highest BCUT2D eigenvalue weighted by atomic mass is 35.5. The summed E-state index contributed by atoms with van der Waals surface area (Å²) < 4.78 is 4.91. The lowest BCUT2D eigenvalue weighted by molar-refractivity contribution is -0.124. The molecule has 6 heteroatoms. The fourth-order valence-corrected chi connectivity index (χ4v) is 1.92. The molecule has 0 saturated carbocycles. The summed E-state index contributed by atoms with van der Waals surface area (Å²) in [4.78, 5) is 23.3. The fraction of sp³-hybridized carbons (Fsp3) is 0.467. The summed E-state index contributed by atoms with van der Waals surface area (Å²) in [6, 6.07) is 4.52. The van der Waals surface area contributed by atoms with Crippen molar-refractivity contribution in [3.63, 3.8) is 0 Å². The molecule has 0 radical (unpaired) electrons. The van der Waals surface area contributed by atoms with Crippen molar-refractivity contribution in [1.29, 1.82) is 0 Å². The van der Waals surface area contributed by atoms with Gasteiger partial charge in [0.25, 0.3) is 5.91 Å². The molecule has 116 valence electrons. The Kier molecular flexibility index (Phi) is 7.61. The number of amides is 1. The van der Waals surface area contributed by atoms with Crippen LogP contribution in [0.2, 0.25) is 5.02 Å². The van der Waals surface area contributed by atoms with Gasteiger partial charge in [-0.15, -0.1) is 0 Å². The molecular weight excluding hydrogens is 292 g/mol. The Morgan fingerprint density at radius 3 is 2.76 bits per heavy atom. The molecule has 0 aliphatic heterocycles. The number of esters is 1. The minimum absolute atomic E-state index is 0.165. The molecule has 1 aromatic carbocycles. The molecule has 3 N–H and O–H groups in total. The van der Waals surface area contributed by atoms with E-state index in [0.29, 0.717) is 11.6 Å². The lowest BCUT2D eigenvalue weighted by atomic mass is 10.2. The second kappa shape index (κ2) is 9.23. The van der Waals surface area contributed by atoms with Crippen LogP contribution in [0.3, 0.4) is 0 Å². The van der Waals surface area contributed by atoms with E-state index in [1.54, 1.807) is 6.07 Å². The van der Waals surface area contributed by atoms with Gasteiger partial charge >= 0.3 is 5.97 Å². The molecule has 0 fully saturated rings. The van der Waals surface area contributed by atoms with Gasteiger partial charge in [-0.25, -0.2) is 4.79 Å². The molecular formula is C15H21ClN2O3. The van der Waals surface area contributed by atoms with Gasteiger partial charge in [-0.2, -0.15) is 0 Å².